The minimum atomic E-state index is -0.555. The number of rotatable bonds is 6. The standard InChI is InChI=1S/C15H22N2O4/c1-5-16-8-11-6-13-14(20-9-19-13)7-12(11)21-10(2)15(18)17(3)4/h6-7,10,16H,5,8-9H2,1-4H3. The van der Waals surface area contributed by atoms with Gasteiger partial charge in [0.2, 0.25) is 6.79 Å². The second-order valence-electron chi connectivity index (χ2n) is 5.09. The van der Waals surface area contributed by atoms with Gasteiger partial charge in [-0.25, -0.2) is 0 Å². The zero-order valence-electron chi connectivity index (χ0n) is 12.9. The Kier molecular flexibility index (Phi) is 4.90. The third-order valence-corrected chi connectivity index (χ3v) is 3.21. The van der Waals surface area contributed by atoms with Gasteiger partial charge in [0.05, 0.1) is 0 Å². The maximum Gasteiger partial charge on any atom is 0.262 e. The highest BCUT2D eigenvalue weighted by atomic mass is 16.7. The van der Waals surface area contributed by atoms with Crippen LogP contribution in [0.2, 0.25) is 0 Å². The summed E-state index contributed by atoms with van der Waals surface area (Å²) in [5, 5.41) is 3.25. The van der Waals surface area contributed by atoms with Crippen LogP contribution in [0, 0.1) is 0 Å². The highest BCUT2D eigenvalue weighted by molar-refractivity contribution is 5.80. The van der Waals surface area contributed by atoms with Crippen molar-refractivity contribution in [3.05, 3.63) is 17.7 Å². The van der Waals surface area contributed by atoms with Crippen molar-refractivity contribution >= 4 is 5.91 Å². The van der Waals surface area contributed by atoms with Crippen LogP contribution in [0.4, 0.5) is 0 Å². The van der Waals surface area contributed by atoms with E-state index in [1.54, 1.807) is 27.1 Å². The molecule has 0 radical (unpaired) electrons. The van der Waals surface area contributed by atoms with Crippen LogP contribution in [-0.4, -0.2) is 44.3 Å². The minimum Gasteiger partial charge on any atom is -0.480 e. The van der Waals surface area contributed by atoms with Crippen molar-refractivity contribution in [2.75, 3.05) is 27.4 Å². The maximum absolute atomic E-state index is 11.9. The molecule has 6 nitrogen and oxygen atoms in total. The number of nitrogens with zero attached hydrogens (tertiary/aromatic N) is 1. The zero-order chi connectivity index (χ0) is 15.4. The third kappa shape index (κ3) is 3.58. The van der Waals surface area contributed by atoms with Crippen LogP contribution in [0.3, 0.4) is 0 Å². The lowest BCUT2D eigenvalue weighted by atomic mass is 10.1. The monoisotopic (exact) mass is 294 g/mol. The van der Waals surface area contributed by atoms with Crippen LogP contribution in [0.1, 0.15) is 19.4 Å². The number of hydrogen-bond donors (Lipinski definition) is 1. The Labute approximate surface area is 125 Å². The molecule has 1 aromatic carbocycles. The van der Waals surface area contributed by atoms with E-state index >= 15 is 0 Å². The Morgan fingerprint density at radius 3 is 2.67 bits per heavy atom. The fraction of sp³-hybridized carbons (Fsp3) is 0.533. The average molecular weight is 294 g/mol. The number of nitrogens with one attached hydrogen (secondary N) is 1. The second kappa shape index (κ2) is 6.67. The average Bonchev–Trinajstić information content (AvgIpc) is 2.90. The molecule has 1 heterocycles. The van der Waals surface area contributed by atoms with E-state index in [0.29, 0.717) is 23.8 Å². The van der Waals surface area contributed by atoms with Crippen LogP contribution in [0.5, 0.6) is 17.2 Å². The van der Waals surface area contributed by atoms with Crippen molar-refractivity contribution in [1.29, 1.82) is 0 Å². The van der Waals surface area contributed by atoms with E-state index in [1.807, 2.05) is 13.0 Å². The Hall–Kier alpha value is -1.95. The Morgan fingerprint density at radius 1 is 1.38 bits per heavy atom. The molecular weight excluding hydrogens is 272 g/mol. The molecule has 0 saturated carbocycles. The van der Waals surface area contributed by atoms with Gasteiger partial charge < -0.3 is 24.4 Å². The van der Waals surface area contributed by atoms with Crippen molar-refractivity contribution < 1.29 is 19.0 Å². The molecule has 0 aliphatic carbocycles. The largest absolute Gasteiger partial charge is 0.480 e. The Morgan fingerprint density at radius 2 is 2.05 bits per heavy atom. The molecule has 0 spiro atoms. The molecule has 0 aromatic heterocycles. The third-order valence-electron chi connectivity index (χ3n) is 3.21. The van der Waals surface area contributed by atoms with Crippen LogP contribution in [0.15, 0.2) is 12.1 Å². The van der Waals surface area contributed by atoms with E-state index in [-0.39, 0.29) is 12.7 Å². The van der Waals surface area contributed by atoms with Crippen molar-refractivity contribution in [1.82, 2.24) is 10.2 Å². The van der Waals surface area contributed by atoms with Gasteiger partial charge in [-0.1, -0.05) is 6.92 Å². The lowest BCUT2D eigenvalue weighted by molar-refractivity contribution is -0.135. The first-order valence-electron chi connectivity index (χ1n) is 7.04. The summed E-state index contributed by atoms with van der Waals surface area (Å²) in [4.78, 5) is 13.5. The van der Waals surface area contributed by atoms with Gasteiger partial charge in [-0.15, -0.1) is 0 Å². The van der Waals surface area contributed by atoms with Gasteiger partial charge in [-0.3, -0.25) is 4.79 Å². The topological polar surface area (TPSA) is 60.0 Å². The molecule has 116 valence electrons. The van der Waals surface area contributed by atoms with Gasteiger partial charge in [0.1, 0.15) is 5.75 Å². The summed E-state index contributed by atoms with van der Waals surface area (Å²) in [6, 6.07) is 3.68. The second-order valence-corrected chi connectivity index (χ2v) is 5.09. The number of carbonyl (C=O) groups excluding carboxylic acids is 1. The number of likely N-dealkylation sites (N-methyl/N-ethyl adjacent to an activating group) is 1. The quantitative estimate of drug-likeness (QED) is 0.859. The molecule has 1 N–H and O–H groups in total. The number of benzene rings is 1. The molecule has 1 atom stereocenters. The van der Waals surface area contributed by atoms with E-state index in [4.69, 9.17) is 14.2 Å². The van der Waals surface area contributed by atoms with E-state index < -0.39 is 6.10 Å². The van der Waals surface area contributed by atoms with E-state index in [9.17, 15) is 4.79 Å². The molecule has 1 aromatic rings. The van der Waals surface area contributed by atoms with Gasteiger partial charge in [0.25, 0.3) is 5.91 Å². The summed E-state index contributed by atoms with van der Waals surface area (Å²) >= 11 is 0. The van der Waals surface area contributed by atoms with Gasteiger partial charge in [0.15, 0.2) is 17.6 Å². The van der Waals surface area contributed by atoms with Gasteiger partial charge in [-0.05, 0) is 19.5 Å². The maximum atomic E-state index is 11.9. The Balaban J connectivity index is 2.22. The zero-order valence-corrected chi connectivity index (χ0v) is 12.9. The van der Waals surface area contributed by atoms with Gasteiger partial charge in [0, 0.05) is 32.3 Å². The molecule has 1 aliphatic rings. The minimum absolute atomic E-state index is 0.0814. The molecule has 0 bridgehead atoms. The normalized spacial score (nSPS) is 13.9. The van der Waals surface area contributed by atoms with Gasteiger partial charge in [-0.2, -0.15) is 0 Å². The predicted molar refractivity (Wildman–Crippen MR) is 78.7 cm³/mol. The van der Waals surface area contributed by atoms with E-state index in [2.05, 4.69) is 5.32 Å². The summed E-state index contributed by atoms with van der Waals surface area (Å²) in [5.74, 6) is 1.92. The molecule has 0 fully saturated rings. The summed E-state index contributed by atoms with van der Waals surface area (Å²) in [7, 11) is 3.42. The molecule has 1 amide bonds. The van der Waals surface area contributed by atoms with Crippen molar-refractivity contribution in [2.45, 2.75) is 26.5 Å². The van der Waals surface area contributed by atoms with E-state index in [0.717, 1.165) is 12.1 Å². The smallest absolute Gasteiger partial charge is 0.262 e. The molecule has 2 rings (SSSR count). The number of amides is 1. The summed E-state index contributed by atoms with van der Waals surface area (Å²) in [6.07, 6.45) is -0.555. The highest BCUT2D eigenvalue weighted by Gasteiger charge is 2.22. The molecular formula is C15H22N2O4. The number of carbonyl (C=O) groups is 1. The van der Waals surface area contributed by atoms with Crippen molar-refractivity contribution in [3.63, 3.8) is 0 Å². The molecule has 6 heteroatoms. The van der Waals surface area contributed by atoms with E-state index in [1.165, 1.54) is 4.90 Å². The summed E-state index contributed by atoms with van der Waals surface area (Å²) < 4.78 is 16.6. The SMILES string of the molecule is CCNCc1cc2c(cc1OC(C)C(=O)N(C)C)OCO2. The van der Waals surface area contributed by atoms with Crippen LogP contribution in [0.25, 0.3) is 0 Å². The fourth-order valence-corrected chi connectivity index (χ4v) is 2.08. The summed E-state index contributed by atoms with van der Waals surface area (Å²) in [5.41, 5.74) is 0.944. The van der Waals surface area contributed by atoms with Crippen LogP contribution < -0.4 is 19.5 Å². The lowest BCUT2D eigenvalue weighted by Gasteiger charge is -2.20. The first kappa shape index (κ1) is 15.4. The number of ether oxygens (including phenoxy) is 3. The fourth-order valence-electron chi connectivity index (χ4n) is 2.08. The van der Waals surface area contributed by atoms with Crippen molar-refractivity contribution in [2.24, 2.45) is 0 Å². The molecule has 1 aliphatic heterocycles. The lowest BCUT2D eigenvalue weighted by Crippen LogP contribution is -2.35. The number of fused-ring (bicyclic) bond motifs is 1. The van der Waals surface area contributed by atoms with Crippen molar-refractivity contribution in [3.8, 4) is 17.2 Å². The highest BCUT2D eigenvalue weighted by Crippen LogP contribution is 2.38. The predicted octanol–water partition coefficient (Wildman–Crippen LogP) is 1.38. The molecule has 21 heavy (non-hydrogen) atoms. The first-order valence-corrected chi connectivity index (χ1v) is 7.04. The number of hydrogen-bond acceptors (Lipinski definition) is 5. The Bertz CT molecular complexity index is 517. The van der Waals surface area contributed by atoms with Crippen LogP contribution >= 0.6 is 0 Å². The molecule has 0 saturated heterocycles. The summed E-state index contributed by atoms with van der Waals surface area (Å²) in [6.45, 7) is 5.48. The molecule has 1 unspecified atom stereocenters. The van der Waals surface area contributed by atoms with Gasteiger partial charge >= 0.3 is 0 Å². The van der Waals surface area contributed by atoms with Crippen LogP contribution in [-0.2, 0) is 11.3 Å². The first-order chi connectivity index (χ1) is 10.0.